The fourth-order valence-corrected chi connectivity index (χ4v) is 5.34. The zero-order valence-corrected chi connectivity index (χ0v) is 26.9. The molecule has 1 saturated heterocycles. The van der Waals surface area contributed by atoms with Gasteiger partial charge in [-0.3, -0.25) is 0 Å². The second-order valence-corrected chi connectivity index (χ2v) is 11.7. The van der Waals surface area contributed by atoms with Gasteiger partial charge in [0, 0.05) is 28.8 Å². The first-order valence-corrected chi connectivity index (χ1v) is 15.5. The first-order chi connectivity index (χ1) is 21.1. The van der Waals surface area contributed by atoms with Crippen LogP contribution < -0.4 is 0 Å². The summed E-state index contributed by atoms with van der Waals surface area (Å²) < 4.78 is 39.9. The first-order valence-electron chi connectivity index (χ1n) is 13.9. The number of hydrogen-bond acceptors (Lipinski definition) is 6. The molecule has 0 amide bonds. The Hall–Kier alpha value is -2.76. The van der Waals surface area contributed by atoms with Crippen LogP contribution in [0.3, 0.4) is 0 Å². The summed E-state index contributed by atoms with van der Waals surface area (Å²) in [7, 11) is 1.60. The second kappa shape index (κ2) is 16.4. The minimum atomic E-state index is -0.725. The predicted molar refractivity (Wildman–Crippen MR) is 168 cm³/mol. The fourth-order valence-electron chi connectivity index (χ4n) is 4.76. The molecule has 1 fully saturated rings. The summed E-state index contributed by atoms with van der Waals surface area (Å²) in [5, 5.41) is 0. The number of ether oxygens (including phenoxy) is 6. The summed E-state index contributed by atoms with van der Waals surface area (Å²) in [6, 6.07) is 39.6. The van der Waals surface area contributed by atoms with E-state index in [1.807, 2.05) is 84.9 Å². The highest BCUT2D eigenvalue weighted by Gasteiger charge is 2.48. The maximum atomic E-state index is 6.63. The molecule has 0 aliphatic carbocycles. The molecule has 1 heterocycles. The van der Waals surface area contributed by atoms with Gasteiger partial charge in [-0.1, -0.05) is 84.9 Å². The topological polar surface area (TPSA) is 55.4 Å². The SMILES string of the molecule is CO[C@@H]1OC(COCc2c#cc(Br)cc2)[C@@H](OCc2ccccc2)[C@H](OCc2ccccc2)C1OCc1cc#ccc1Br. The van der Waals surface area contributed by atoms with Gasteiger partial charge in [0.15, 0.2) is 6.29 Å². The van der Waals surface area contributed by atoms with E-state index in [-0.39, 0.29) is 13.2 Å². The average Bonchev–Trinajstić information content (AvgIpc) is 3.04. The molecule has 8 heteroatoms. The summed E-state index contributed by atoms with van der Waals surface area (Å²) in [5.74, 6) is 0. The zero-order valence-electron chi connectivity index (χ0n) is 23.7. The van der Waals surface area contributed by atoms with Crippen LogP contribution in [-0.2, 0) is 54.8 Å². The highest BCUT2D eigenvalue weighted by molar-refractivity contribution is 9.10. The van der Waals surface area contributed by atoms with E-state index in [0.29, 0.717) is 19.8 Å². The van der Waals surface area contributed by atoms with Gasteiger partial charge in [0.1, 0.15) is 24.4 Å². The lowest BCUT2D eigenvalue weighted by molar-refractivity contribution is -0.323. The van der Waals surface area contributed by atoms with Crippen molar-refractivity contribution in [2.45, 2.75) is 57.1 Å². The largest absolute Gasteiger partial charge is 0.373 e. The predicted octanol–water partition coefficient (Wildman–Crippen LogP) is 7.06. The van der Waals surface area contributed by atoms with E-state index in [9.17, 15) is 0 Å². The van der Waals surface area contributed by atoms with Crippen molar-refractivity contribution in [3.8, 4) is 0 Å². The average molecular weight is 708 g/mol. The van der Waals surface area contributed by atoms with E-state index in [2.05, 4.69) is 56.1 Å². The third kappa shape index (κ3) is 9.12. The maximum absolute atomic E-state index is 6.63. The van der Waals surface area contributed by atoms with Crippen LogP contribution in [-0.4, -0.2) is 44.4 Å². The van der Waals surface area contributed by atoms with Crippen LogP contribution in [0.1, 0.15) is 22.3 Å². The van der Waals surface area contributed by atoms with E-state index in [1.54, 1.807) is 7.11 Å². The Morgan fingerprint density at radius 2 is 1.35 bits per heavy atom. The molecule has 222 valence electrons. The van der Waals surface area contributed by atoms with Gasteiger partial charge in [0.25, 0.3) is 0 Å². The van der Waals surface area contributed by atoms with Gasteiger partial charge in [0.05, 0.1) is 37.5 Å². The van der Waals surface area contributed by atoms with E-state index in [4.69, 9.17) is 28.4 Å². The normalized spacial score (nSPS) is 21.6. The van der Waals surface area contributed by atoms with Gasteiger partial charge in [-0.15, -0.1) is 0 Å². The van der Waals surface area contributed by atoms with Crippen molar-refractivity contribution < 1.29 is 28.4 Å². The van der Waals surface area contributed by atoms with Gasteiger partial charge < -0.3 is 28.4 Å². The molecule has 0 N–H and O–H groups in total. The number of hydrogen-bond donors (Lipinski definition) is 0. The molecule has 0 bridgehead atoms. The molecular weight excluding hydrogens is 676 g/mol. The fraction of sp³-hybridized carbons (Fsp3) is 0.314. The number of rotatable bonds is 14. The summed E-state index contributed by atoms with van der Waals surface area (Å²) in [6.45, 7) is 1.61. The highest BCUT2D eigenvalue weighted by atomic mass is 79.9. The van der Waals surface area contributed by atoms with Crippen LogP contribution in [0.15, 0.2) is 93.9 Å². The minimum absolute atomic E-state index is 0.246. The zero-order chi connectivity index (χ0) is 29.9. The van der Waals surface area contributed by atoms with E-state index in [1.165, 1.54) is 0 Å². The molecule has 0 radical (unpaired) electrons. The van der Waals surface area contributed by atoms with Crippen LogP contribution in [0.4, 0.5) is 0 Å². The molecule has 0 spiro atoms. The van der Waals surface area contributed by atoms with Crippen molar-refractivity contribution in [1.82, 2.24) is 0 Å². The van der Waals surface area contributed by atoms with Crippen LogP contribution in [0, 0.1) is 24.3 Å². The molecule has 0 aromatic heterocycles. The lowest BCUT2D eigenvalue weighted by Crippen LogP contribution is -2.61. The Labute approximate surface area is 270 Å². The second-order valence-electron chi connectivity index (χ2n) is 10.00. The Kier molecular flexibility index (Phi) is 12.0. The van der Waals surface area contributed by atoms with E-state index >= 15 is 0 Å². The number of benzene rings is 2. The molecule has 43 heavy (non-hydrogen) atoms. The van der Waals surface area contributed by atoms with Crippen molar-refractivity contribution in [1.29, 1.82) is 0 Å². The van der Waals surface area contributed by atoms with Gasteiger partial charge in [-0.25, -0.2) is 0 Å². The Morgan fingerprint density at radius 3 is 1.98 bits per heavy atom. The Balaban J connectivity index is 1.39. The molecule has 4 aromatic carbocycles. The third-order valence-electron chi connectivity index (χ3n) is 6.97. The molecule has 2 unspecified atom stereocenters. The summed E-state index contributed by atoms with van der Waals surface area (Å²) >= 11 is 6.98. The number of halogens is 2. The van der Waals surface area contributed by atoms with Crippen molar-refractivity contribution >= 4 is 31.9 Å². The smallest absolute Gasteiger partial charge is 0.186 e. The quantitative estimate of drug-likeness (QED) is 0.140. The molecule has 4 aromatic rings. The Bertz CT molecular complexity index is 1370. The Morgan fingerprint density at radius 1 is 0.698 bits per heavy atom. The molecule has 6 nitrogen and oxygen atoms in total. The van der Waals surface area contributed by atoms with E-state index in [0.717, 1.165) is 31.2 Å². The standard InChI is InChI=1S/C35H32Br2O6/c1-38-35-34(42-23-28-14-8-9-15-30(28)37)33(41-22-26-12-6-3-7-13-26)32(40-21-25-10-4-2-5-11-25)31(43-35)24-39-20-27-16-18-29(36)19-17-27/h2-7,10-16,18,31-35H,20-24H2,1H3/t31?,32-,33+,34?,35-/m1/s1. The lowest BCUT2D eigenvalue weighted by Gasteiger charge is -2.45. The minimum Gasteiger partial charge on any atom is -0.373 e. The highest BCUT2D eigenvalue weighted by Crippen LogP contribution is 2.31. The summed E-state index contributed by atoms with van der Waals surface area (Å²) in [5.41, 5.74) is 3.87. The van der Waals surface area contributed by atoms with Crippen LogP contribution >= 0.6 is 31.9 Å². The van der Waals surface area contributed by atoms with Crippen molar-refractivity contribution in [2.24, 2.45) is 0 Å². The maximum Gasteiger partial charge on any atom is 0.186 e. The first kappa shape index (κ1) is 31.7. The van der Waals surface area contributed by atoms with Crippen molar-refractivity contribution in [3.05, 3.63) is 140 Å². The van der Waals surface area contributed by atoms with Crippen LogP contribution in [0.2, 0.25) is 0 Å². The van der Waals surface area contributed by atoms with Gasteiger partial charge in [-0.2, -0.15) is 0 Å². The van der Waals surface area contributed by atoms with E-state index < -0.39 is 30.7 Å². The van der Waals surface area contributed by atoms with Crippen molar-refractivity contribution in [3.63, 3.8) is 0 Å². The van der Waals surface area contributed by atoms with Crippen LogP contribution in [0.25, 0.3) is 0 Å². The lowest BCUT2D eigenvalue weighted by atomic mass is 9.97. The summed E-state index contributed by atoms with van der Waals surface area (Å²) in [4.78, 5) is 0. The number of methoxy groups -OCH3 is 1. The molecule has 1 aliphatic rings. The molecule has 1 aliphatic heterocycles. The van der Waals surface area contributed by atoms with Gasteiger partial charge >= 0.3 is 0 Å². The van der Waals surface area contributed by atoms with Crippen LogP contribution in [0.5, 0.6) is 0 Å². The third-order valence-corrected chi connectivity index (χ3v) is 8.17. The summed E-state index contributed by atoms with van der Waals surface area (Å²) in [6.07, 6.45) is -2.89. The molecule has 0 saturated carbocycles. The molecule has 5 rings (SSSR count). The molecule has 5 atom stereocenters. The molecular formula is C35H32Br2O6. The monoisotopic (exact) mass is 706 g/mol. The van der Waals surface area contributed by atoms with Gasteiger partial charge in [-0.05, 0) is 61.2 Å². The van der Waals surface area contributed by atoms with Gasteiger partial charge in [0.2, 0.25) is 0 Å². The van der Waals surface area contributed by atoms with Crippen molar-refractivity contribution in [2.75, 3.05) is 13.7 Å².